The summed E-state index contributed by atoms with van der Waals surface area (Å²) in [5.74, 6) is 5.81. The van der Waals surface area contributed by atoms with Crippen LogP contribution < -0.4 is 11.3 Å². The molecule has 1 unspecified atom stereocenters. The molecule has 3 aromatic rings. The van der Waals surface area contributed by atoms with E-state index >= 15 is 0 Å². The number of aromatic nitrogens is 2. The van der Waals surface area contributed by atoms with Gasteiger partial charge in [0, 0.05) is 23.3 Å². The molecule has 3 rings (SSSR count). The fourth-order valence-corrected chi connectivity index (χ4v) is 3.50. The van der Waals surface area contributed by atoms with Crippen molar-refractivity contribution < 1.29 is 0 Å². The Bertz CT molecular complexity index is 745. The Labute approximate surface area is 121 Å². The van der Waals surface area contributed by atoms with Gasteiger partial charge in [0.1, 0.15) is 0 Å². The lowest BCUT2D eigenvalue weighted by molar-refractivity contribution is 0.644. The van der Waals surface area contributed by atoms with Crippen LogP contribution in [0.4, 0.5) is 0 Å². The minimum atomic E-state index is -0.0835. The lowest BCUT2D eigenvalue weighted by atomic mass is 10.0. The summed E-state index contributed by atoms with van der Waals surface area (Å²) in [5.41, 5.74) is 5.01. The zero-order valence-corrected chi connectivity index (χ0v) is 12.2. The van der Waals surface area contributed by atoms with Gasteiger partial charge in [-0.1, -0.05) is 24.3 Å². The second kappa shape index (κ2) is 5.28. The molecule has 2 heterocycles. The average Bonchev–Trinajstić information content (AvgIpc) is 2.79. The van der Waals surface area contributed by atoms with E-state index in [0.717, 1.165) is 31.9 Å². The van der Waals surface area contributed by atoms with Crippen LogP contribution in [-0.4, -0.2) is 9.97 Å². The molecule has 2 aromatic heterocycles. The number of aryl methyl sites for hydroxylation is 2. The summed E-state index contributed by atoms with van der Waals surface area (Å²) >= 11 is 1.67. The van der Waals surface area contributed by atoms with E-state index in [-0.39, 0.29) is 6.04 Å². The largest absolute Gasteiger partial charge is 0.271 e. The summed E-state index contributed by atoms with van der Waals surface area (Å²) in [5, 5.41) is 3.32. The summed E-state index contributed by atoms with van der Waals surface area (Å²) in [6.45, 7) is 4.03. The molecule has 102 valence electrons. The van der Waals surface area contributed by atoms with E-state index in [1.165, 1.54) is 0 Å². The highest BCUT2D eigenvalue weighted by atomic mass is 32.1. The highest BCUT2D eigenvalue weighted by Gasteiger charge is 2.20. The molecule has 4 nitrogen and oxygen atoms in total. The maximum absolute atomic E-state index is 5.81. The van der Waals surface area contributed by atoms with Gasteiger partial charge in [-0.3, -0.25) is 10.8 Å². The second-order valence-electron chi connectivity index (χ2n) is 4.73. The topological polar surface area (TPSA) is 63.8 Å². The van der Waals surface area contributed by atoms with Gasteiger partial charge in [0.15, 0.2) is 0 Å². The van der Waals surface area contributed by atoms with Gasteiger partial charge in [-0.15, -0.1) is 11.3 Å². The van der Waals surface area contributed by atoms with Crippen LogP contribution in [0.3, 0.4) is 0 Å². The number of nitrogens with zero attached hydrogens (tertiary/aromatic N) is 2. The van der Waals surface area contributed by atoms with Crippen molar-refractivity contribution in [2.75, 3.05) is 0 Å². The summed E-state index contributed by atoms with van der Waals surface area (Å²) < 4.78 is 0. The molecule has 0 bridgehead atoms. The summed E-state index contributed by atoms with van der Waals surface area (Å²) in [6, 6.07) is 8.12. The number of nitrogens with one attached hydrogen (secondary N) is 1. The van der Waals surface area contributed by atoms with Crippen molar-refractivity contribution in [3.05, 3.63) is 57.8 Å². The van der Waals surface area contributed by atoms with Gasteiger partial charge in [-0.2, -0.15) is 0 Å². The standard InChI is InChI=1S/C15H16N4S/c1-9-15(20-10(2)18-9)14(19-16)13-8-17-7-11-5-3-4-6-12(11)13/h3-8,14,19H,16H2,1-2H3. The molecule has 0 radical (unpaired) electrons. The number of thiazole rings is 1. The Balaban J connectivity index is 2.19. The summed E-state index contributed by atoms with van der Waals surface area (Å²) in [7, 11) is 0. The third-order valence-corrected chi connectivity index (χ3v) is 4.52. The van der Waals surface area contributed by atoms with E-state index in [4.69, 9.17) is 5.84 Å². The van der Waals surface area contributed by atoms with Crippen LogP contribution >= 0.6 is 11.3 Å². The maximum Gasteiger partial charge on any atom is 0.0900 e. The van der Waals surface area contributed by atoms with Crippen molar-refractivity contribution in [2.24, 2.45) is 5.84 Å². The zero-order valence-electron chi connectivity index (χ0n) is 11.4. The fraction of sp³-hybridized carbons (Fsp3) is 0.200. The first-order valence-electron chi connectivity index (χ1n) is 6.43. The Kier molecular flexibility index (Phi) is 3.48. The summed E-state index contributed by atoms with van der Waals surface area (Å²) in [4.78, 5) is 9.96. The second-order valence-corrected chi connectivity index (χ2v) is 5.97. The van der Waals surface area contributed by atoms with Crippen molar-refractivity contribution in [3.63, 3.8) is 0 Å². The van der Waals surface area contributed by atoms with E-state index in [1.54, 1.807) is 11.3 Å². The minimum Gasteiger partial charge on any atom is -0.271 e. The first kappa shape index (κ1) is 13.2. The average molecular weight is 284 g/mol. The molecule has 0 aliphatic rings. The molecule has 0 saturated heterocycles. The molecule has 1 aromatic carbocycles. The number of benzene rings is 1. The minimum absolute atomic E-state index is 0.0835. The van der Waals surface area contributed by atoms with E-state index in [0.29, 0.717) is 0 Å². The molecule has 5 heteroatoms. The van der Waals surface area contributed by atoms with E-state index < -0.39 is 0 Å². The van der Waals surface area contributed by atoms with Crippen molar-refractivity contribution in [2.45, 2.75) is 19.9 Å². The van der Waals surface area contributed by atoms with E-state index in [1.807, 2.05) is 38.4 Å². The molecule has 0 amide bonds. The van der Waals surface area contributed by atoms with E-state index in [2.05, 4.69) is 27.5 Å². The quantitative estimate of drug-likeness (QED) is 0.573. The first-order valence-corrected chi connectivity index (χ1v) is 7.25. The predicted octanol–water partition coefficient (Wildman–Crippen LogP) is 2.86. The Morgan fingerprint density at radius 2 is 2.00 bits per heavy atom. The number of hydrogen-bond donors (Lipinski definition) is 2. The molecule has 0 aliphatic heterocycles. The predicted molar refractivity (Wildman–Crippen MR) is 82.5 cm³/mol. The Hall–Kier alpha value is -1.82. The SMILES string of the molecule is Cc1nc(C)c(C(NN)c2cncc3ccccc23)s1. The fourth-order valence-electron chi connectivity index (χ4n) is 2.49. The third-order valence-electron chi connectivity index (χ3n) is 3.38. The summed E-state index contributed by atoms with van der Waals surface area (Å²) in [6.07, 6.45) is 3.75. The number of pyridine rings is 1. The van der Waals surface area contributed by atoms with Gasteiger partial charge in [-0.05, 0) is 19.2 Å². The van der Waals surface area contributed by atoms with Gasteiger partial charge in [0.25, 0.3) is 0 Å². The lowest BCUT2D eigenvalue weighted by Gasteiger charge is -2.17. The van der Waals surface area contributed by atoms with Gasteiger partial charge in [0.05, 0.1) is 21.6 Å². The normalized spacial score (nSPS) is 12.8. The van der Waals surface area contributed by atoms with Crippen LogP contribution in [0, 0.1) is 13.8 Å². The molecular weight excluding hydrogens is 268 g/mol. The van der Waals surface area contributed by atoms with Crippen LogP contribution in [0.15, 0.2) is 36.7 Å². The monoisotopic (exact) mass is 284 g/mol. The van der Waals surface area contributed by atoms with Crippen molar-refractivity contribution in [1.82, 2.24) is 15.4 Å². The smallest absolute Gasteiger partial charge is 0.0900 e. The number of rotatable bonds is 3. The molecule has 0 aliphatic carbocycles. The molecule has 0 fully saturated rings. The zero-order chi connectivity index (χ0) is 14.1. The van der Waals surface area contributed by atoms with Gasteiger partial charge < -0.3 is 0 Å². The van der Waals surface area contributed by atoms with Crippen molar-refractivity contribution in [1.29, 1.82) is 0 Å². The number of hydrogen-bond acceptors (Lipinski definition) is 5. The van der Waals surface area contributed by atoms with E-state index in [9.17, 15) is 0 Å². The number of fused-ring (bicyclic) bond motifs is 1. The van der Waals surface area contributed by atoms with Crippen LogP contribution in [-0.2, 0) is 0 Å². The van der Waals surface area contributed by atoms with Crippen LogP contribution in [0.2, 0.25) is 0 Å². The maximum atomic E-state index is 5.81. The van der Waals surface area contributed by atoms with Crippen LogP contribution in [0.5, 0.6) is 0 Å². The van der Waals surface area contributed by atoms with Crippen LogP contribution in [0.25, 0.3) is 10.8 Å². The Morgan fingerprint density at radius 1 is 1.20 bits per heavy atom. The third kappa shape index (κ3) is 2.20. The van der Waals surface area contributed by atoms with Gasteiger partial charge in [0.2, 0.25) is 0 Å². The highest BCUT2D eigenvalue weighted by Crippen LogP contribution is 2.32. The molecule has 3 N–H and O–H groups in total. The molecular formula is C15H16N4S. The first-order chi connectivity index (χ1) is 9.70. The molecule has 1 atom stereocenters. The molecule has 0 spiro atoms. The highest BCUT2D eigenvalue weighted by molar-refractivity contribution is 7.11. The van der Waals surface area contributed by atoms with Crippen molar-refractivity contribution in [3.8, 4) is 0 Å². The van der Waals surface area contributed by atoms with Crippen LogP contribution in [0.1, 0.15) is 27.2 Å². The molecule has 20 heavy (non-hydrogen) atoms. The lowest BCUT2D eigenvalue weighted by Crippen LogP contribution is -2.29. The number of nitrogens with two attached hydrogens (primary N) is 1. The van der Waals surface area contributed by atoms with Gasteiger partial charge >= 0.3 is 0 Å². The van der Waals surface area contributed by atoms with Crippen molar-refractivity contribution >= 4 is 22.1 Å². The molecule has 0 saturated carbocycles. The number of hydrazine groups is 1. The Morgan fingerprint density at radius 3 is 2.70 bits per heavy atom. The van der Waals surface area contributed by atoms with Gasteiger partial charge in [-0.25, -0.2) is 10.4 Å².